The first kappa shape index (κ1) is 12.2. The van der Waals surface area contributed by atoms with E-state index in [1.165, 1.54) is 25.7 Å². The highest BCUT2D eigenvalue weighted by Gasteiger charge is 2.15. The second-order valence-electron chi connectivity index (χ2n) is 3.82. The van der Waals surface area contributed by atoms with Gasteiger partial charge in [0.1, 0.15) is 6.10 Å². The zero-order chi connectivity index (χ0) is 10.2. The second-order valence-corrected chi connectivity index (χ2v) is 4.41. The summed E-state index contributed by atoms with van der Waals surface area (Å²) in [4.78, 5) is 3.71. The second kappa shape index (κ2) is 7.45. The van der Waals surface area contributed by atoms with Crippen LogP contribution in [0.4, 0.5) is 4.53 Å². The van der Waals surface area contributed by atoms with E-state index in [0.717, 1.165) is 12.5 Å². The fourth-order valence-electron chi connectivity index (χ4n) is 1.86. The topological polar surface area (TPSA) is 41.5 Å². The maximum absolute atomic E-state index is 11.9. The van der Waals surface area contributed by atoms with Crippen LogP contribution in [0.3, 0.4) is 0 Å². The molecule has 0 heterocycles. The standard InChI is InChI=1S/C9H18FNO2S/c10-13-9(7-14-12)6-11-5-8-3-1-2-4-8/h8-9,11-12H,1-7H2. The van der Waals surface area contributed by atoms with Crippen LogP contribution in [0.15, 0.2) is 0 Å². The summed E-state index contributed by atoms with van der Waals surface area (Å²) in [6, 6.07) is 0. The van der Waals surface area contributed by atoms with E-state index in [0.29, 0.717) is 18.6 Å². The molecule has 1 aliphatic carbocycles. The SMILES string of the molecule is OSCC(CNCC1CCCC1)OF. The maximum atomic E-state index is 11.9. The fraction of sp³-hybridized carbons (Fsp3) is 1.00. The third-order valence-electron chi connectivity index (χ3n) is 2.67. The molecule has 14 heavy (non-hydrogen) atoms. The fourth-order valence-corrected chi connectivity index (χ4v) is 2.20. The first-order valence-corrected chi connectivity index (χ1v) is 6.05. The third-order valence-corrected chi connectivity index (χ3v) is 3.19. The highest BCUT2D eigenvalue weighted by Crippen LogP contribution is 2.23. The van der Waals surface area contributed by atoms with E-state index >= 15 is 0 Å². The molecule has 0 aromatic rings. The molecule has 5 heteroatoms. The molecule has 0 spiro atoms. The van der Waals surface area contributed by atoms with Gasteiger partial charge in [0.25, 0.3) is 0 Å². The van der Waals surface area contributed by atoms with Gasteiger partial charge in [0.15, 0.2) is 0 Å². The molecule has 1 saturated carbocycles. The summed E-state index contributed by atoms with van der Waals surface area (Å²) in [6.45, 7) is 1.41. The van der Waals surface area contributed by atoms with E-state index in [2.05, 4.69) is 10.3 Å². The number of rotatable bonds is 7. The molecule has 0 saturated heterocycles. The molecule has 0 amide bonds. The molecule has 1 aliphatic rings. The minimum atomic E-state index is -0.536. The van der Waals surface area contributed by atoms with Crippen LogP contribution < -0.4 is 5.32 Å². The quantitative estimate of drug-likeness (QED) is 0.649. The molecule has 1 unspecified atom stereocenters. The number of hydrogen-bond acceptors (Lipinski definition) is 4. The highest BCUT2D eigenvalue weighted by molar-refractivity contribution is 7.93. The molecular weight excluding hydrogens is 205 g/mol. The minimum absolute atomic E-state index is 0.272. The van der Waals surface area contributed by atoms with Gasteiger partial charge in [-0.3, -0.25) is 0 Å². The van der Waals surface area contributed by atoms with Crippen molar-refractivity contribution in [3.8, 4) is 0 Å². The lowest BCUT2D eigenvalue weighted by atomic mass is 10.1. The predicted octanol–water partition coefficient (Wildman–Crippen LogP) is 2.24. The summed E-state index contributed by atoms with van der Waals surface area (Å²) in [5.74, 6) is 1.02. The summed E-state index contributed by atoms with van der Waals surface area (Å²) in [5, 5.41) is 3.17. The van der Waals surface area contributed by atoms with Crippen LogP contribution in [0.1, 0.15) is 25.7 Å². The molecule has 0 aromatic carbocycles. The van der Waals surface area contributed by atoms with Crippen molar-refractivity contribution in [2.45, 2.75) is 31.8 Å². The van der Waals surface area contributed by atoms with Crippen molar-refractivity contribution < 1.29 is 14.0 Å². The Morgan fingerprint density at radius 3 is 2.79 bits per heavy atom. The van der Waals surface area contributed by atoms with E-state index < -0.39 is 6.10 Å². The monoisotopic (exact) mass is 223 g/mol. The smallest absolute Gasteiger partial charge is 0.122 e. The molecule has 0 bridgehead atoms. The molecular formula is C9H18FNO2S. The van der Waals surface area contributed by atoms with Crippen molar-refractivity contribution in [3.05, 3.63) is 0 Å². The van der Waals surface area contributed by atoms with Crippen LogP contribution in [0, 0.1) is 5.92 Å². The average Bonchev–Trinajstić information content (AvgIpc) is 2.69. The average molecular weight is 223 g/mol. The molecule has 0 aromatic heterocycles. The molecule has 0 radical (unpaired) electrons. The zero-order valence-corrected chi connectivity index (χ0v) is 9.06. The Morgan fingerprint density at radius 1 is 1.50 bits per heavy atom. The largest absolute Gasteiger partial charge is 0.330 e. The zero-order valence-electron chi connectivity index (χ0n) is 8.25. The molecule has 2 N–H and O–H groups in total. The van der Waals surface area contributed by atoms with Crippen molar-refractivity contribution in [2.24, 2.45) is 5.92 Å². The molecule has 1 fully saturated rings. The molecule has 84 valence electrons. The lowest BCUT2D eigenvalue weighted by Crippen LogP contribution is -2.32. The van der Waals surface area contributed by atoms with Crippen molar-refractivity contribution in [1.82, 2.24) is 5.32 Å². The third kappa shape index (κ3) is 4.59. The number of nitrogens with one attached hydrogen (secondary N) is 1. The van der Waals surface area contributed by atoms with Gasteiger partial charge in [-0.15, -0.1) is 0 Å². The van der Waals surface area contributed by atoms with Crippen LogP contribution in [-0.2, 0) is 4.94 Å². The van der Waals surface area contributed by atoms with Gasteiger partial charge in [0.05, 0.1) is 5.75 Å². The molecule has 3 nitrogen and oxygen atoms in total. The summed E-state index contributed by atoms with van der Waals surface area (Å²) in [5.41, 5.74) is 0. The summed E-state index contributed by atoms with van der Waals surface area (Å²) < 4.78 is 20.4. The minimum Gasteiger partial charge on any atom is -0.330 e. The predicted molar refractivity (Wildman–Crippen MR) is 55.9 cm³/mol. The molecule has 1 rings (SSSR count). The summed E-state index contributed by atoms with van der Waals surface area (Å²) >= 11 is 0.612. The van der Waals surface area contributed by atoms with Gasteiger partial charge in [-0.05, 0) is 41.9 Å². The van der Waals surface area contributed by atoms with Gasteiger partial charge in [0, 0.05) is 6.54 Å². The van der Waals surface area contributed by atoms with E-state index in [4.69, 9.17) is 4.55 Å². The van der Waals surface area contributed by atoms with Crippen LogP contribution in [0.2, 0.25) is 0 Å². The Balaban J connectivity index is 2.00. The lowest BCUT2D eigenvalue weighted by Gasteiger charge is -2.13. The first-order chi connectivity index (χ1) is 6.86. The normalized spacial score (nSPS) is 20.1. The Kier molecular flexibility index (Phi) is 6.51. The van der Waals surface area contributed by atoms with Crippen molar-refractivity contribution >= 4 is 12.0 Å². The lowest BCUT2D eigenvalue weighted by molar-refractivity contribution is -0.169. The van der Waals surface area contributed by atoms with Gasteiger partial charge in [-0.25, -0.2) is 0 Å². The van der Waals surface area contributed by atoms with E-state index in [1.807, 2.05) is 0 Å². The van der Waals surface area contributed by atoms with Crippen LogP contribution in [0.25, 0.3) is 0 Å². The molecule has 0 aliphatic heterocycles. The highest BCUT2D eigenvalue weighted by atomic mass is 32.2. The Hall–Kier alpha value is 0.160. The van der Waals surface area contributed by atoms with Gasteiger partial charge < -0.3 is 9.87 Å². The van der Waals surface area contributed by atoms with Crippen LogP contribution >= 0.6 is 12.0 Å². The van der Waals surface area contributed by atoms with Gasteiger partial charge in [-0.2, -0.15) is 4.94 Å². The summed E-state index contributed by atoms with van der Waals surface area (Å²) in [7, 11) is 0. The Bertz CT molecular complexity index is 145. The first-order valence-electron chi connectivity index (χ1n) is 5.11. The van der Waals surface area contributed by atoms with E-state index in [-0.39, 0.29) is 5.75 Å². The van der Waals surface area contributed by atoms with Crippen molar-refractivity contribution in [3.63, 3.8) is 0 Å². The van der Waals surface area contributed by atoms with Crippen LogP contribution in [-0.4, -0.2) is 29.5 Å². The Labute approximate surface area is 88.5 Å². The van der Waals surface area contributed by atoms with E-state index in [9.17, 15) is 4.53 Å². The van der Waals surface area contributed by atoms with Crippen LogP contribution in [0.5, 0.6) is 0 Å². The van der Waals surface area contributed by atoms with Gasteiger partial charge in [0.2, 0.25) is 0 Å². The summed E-state index contributed by atoms with van der Waals surface area (Å²) in [6.07, 6.45) is 4.67. The van der Waals surface area contributed by atoms with E-state index in [1.54, 1.807) is 0 Å². The molecule has 1 atom stereocenters. The van der Waals surface area contributed by atoms with Crippen molar-refractivity contribution in [1.29, 1.82) is 0 Å². The van der Waals surface area contributed by atoms with Gasteiger partial charge >= 0.3 is 0 Å². The maximum Gasteiger partial charge on any atom is 0.122 e. The Morgan fingerprint density at radius 2 is 2.21 bits per heavy atom. The van der Waals surface area contributed by atoms with Crippen molar-refractivity contribution in [2.75, 3.05) is 18.8 Å². The van der Waals surface area contributed by atoms with Gasteiger partial charge in [-0.1, -0.05) is 12.8 Å². The number of hydrogen-bond donors (Lipinski definition) is 2. The number of halogens is 1.